The fourth-order valence-electron chi connectivity index (χ4n) is 0.461. The Kier molecular flexibility index (Phi) is 4.97. The first-order chi connectivity index (χ1) is 4.16. The fraction of sp³-hybridized carbons (Fsp3) is 0.833. The third kappa shape index (κ3) is 5.97. The van der Waals surface area contributed by atoms with E-state index in [1.54, 1.807) is 7.11 Å². The van der Waals surface area contributed by atoms with Crippen molar-refractivity contribution >= 4 is 14.3 Å². The molecule has 0 aromatic heterocycles. The largest absolute Gasteiger partial charge is 0.350 e. The lowest BCUT2D eigenvalue weighted by atomic mass is 10.2. The Balaban J connectivity index is 3.17. The number of hydrogen-bond acceptors (Lipinski definition) is 2. The smallest absolute Gasteiger partial charge is 0.0710 e. The molecule has 0 spiro atoms. The van der Waals surface area contributed by atoms with Crippen LogP contribution < -0.4 is 5.73 Å². The summed E-state index contributed by atoms with van der Waals surface area (Å²) in [5.74, 6) is 0. The summed E-state index contributed by atoms with van der Waals surface area (Å²) in [5, 5.41) is 0. The van der Waals surface area contributed by atoms with Crippen molar-refractivity contribution in [1.82, 2.24) is 0 Å². The molecule has 0 unspecified atom stereocenters. The number of methoxy groups -OCH3 is 1. The molecule has 1 atom stereocenters. The SMILES string of the molecule is COC(=P)CC[C@@H](C)N. The normalized spacial score (nSPS) is 13.2. The Bertz CT molecular complexity index is 93.1. The maximum Gasteiger partial charge on any atom is 0.0710 e. The molecule has 2 N–H and O–H groups in total. The summed E-state index contributed by atoms with van der Waals surface area (Å²) in [6, 6.07) is 0.256. The molecular weight excluding hydrogens is 133 g/mol. The minimum absolute atomic E-state index is 0.256. The molecule has 0 heterocycles. The van der Waals surface area contributed by atoms with Gasteiger partial charge in [0.25, 0.3) is 0 Å². The number of ether oxygens (including phenoxy) is 1. The van der Waals surface area contributed by atoms with Gasteiger partial charge in [0.1, 0.15) is 0 Å². The third-order valence-corrected chi connectivity index (χ3v) is 1.53. The van der Waals surface area contributed by atoms with Crippen LogP contribution >= 0.6 is 8.86 Å². The lowest BCUT2D eigenvalue weighted by Crippen LogP contribution is -2.15. The second kappa shape index (κ2) is 4.92. The van der Waals surface area contributed by atoms with Crippen molar-refractivity contribution in [2.75, 3.05) is 7.11 Å². The van der Waals surface area contributed by atoms with Gasteiger partial charge < -0.3 is 10.5 Å². The van der Waals surface area contributed by atoms with E-state index in [1.807, 2.05) is 6.92 Å². The maximum absolute atomic E-state index is 5.50. The van der Waals surface area contributed by atoms with E-state index >= 15 is 0 Å². The van der Waals surface area contributed by atoms with Gasteiger partial charge in [0.2, 0.25) is 0 Å². The highest BCUT2D eigenvalue weighted by Crippen LogP contribution is 1.97. The van der Waals surface area contributed by atoms with Gasteiger partial charge in [0, 0.05) is 13.2 Å². The zero-order chi connectivity index (χ0) is 7.28. The molecular formula is C6H14NOP. The summed E-state index contributed by atoms with van der Waals surface area (Å²) < 4.78 is 4.88. The van der Waals surface area contributed by atoms with Crippen molar-refractivity contribution in [3.8, 4) is 0 Å². The van der Waals surface area contributed by atoms with Gasteiger partial charge in [0.05, 0.1) is 5.48 Å². The van der Waals surface area contributed by atoms with E-state index in [4.69, 9.17) is 10.5 Å². The van der Waals surface area contributed by atoms with E-state index in [9.17, 15) is 0 Å². The summed E-state index contributed by atoms with van der Waals surface area (Å²) in [7, 11) is 4.93. The molecule has 0 amide bonds. The Labute approximate surface area is 58.6 Å². The maximum atomic E-state index is 5.50. The first-order valence-corrected chi connectivity index (χ1v) is 3.53. The van der Waals surface area contributed by atoms with Crippen molar-refractivity contribution in [3.63, 3.8) is 0 Å². The minimum Gasteiger partial charge on any atom is -0.350 e. The lowest BCUT2D eigenvalue weighted by Gasteiger charge is -2.03. The average molecular weight is 147 g/mol. The van der Waals surface area contributed by atoms with Crippen molar-refractivity contribution in [1.29, 1.82) is 0 Å². The molecule has 0 radical (unpaired) electrons. The summed E-state index contributed by atoms with van der Waals surface area (Å²) in [5.41, 5.74) is 6.37. The van der Waals surface area contributed by atoms with Crippen LogP contribution in [0.2, 0.25) is 0 Å². The monoisotopic (exact) mass is 147 g/mol. The van der Waals surface area contributed by atoms with Crippen LogP contribution in [-0.4, -0.2) is 18.6 Å². The Morgan fingerprint density at radius 1 is 1.78 bits per heavy atom. The molecule has 0 rings (SSSR count). The fourth-order valence-corrected chi connectivity index (χ4v) is 0.605. The number of nitrogens with two attached hydrogens (primary N) is 1. The quantitative estimate of drug-likeness (QED) is 0.603. The standard InChI is InChI=1S/C6H14NOP/c1-5(7)3-4-6(9)8-2/h5,9H,3-4,7H2,1-2H3/t5-/m1/s1. The predicted octanol–water partition coefficient (Wildman–Crippen LogP) is 1.03. The van der Waals surface area contributed by atoms with E-state index in [0.717, 1.165) is 18.3 Å². The minimum atomic E-state index is 0.256. The highest BCUT2D eigenvalue weighted by Gasteiger charge is 1.95. The summed E-state index contributed by atoms with van der Waals surface area (Å²) >= 11 is 0. The van der Waals surface area contributed by atoms with Crippen molar-refractivity contribution < 1.29 is 4.74 Å². The van der Waals surface area contributed by atoms with Crippen molar-refractivity contribution in [3.05, 3.63) is 0 Å². The zero-order valence-electron chi connectivity index (χ0n) is 5.98. The molecule has 0 aromatic carbocycles. The van der Waals surface area contributed by atoms with E-state index < -0.39 is 0 Å². The summed E-state index contributed by atoms with van der Waals surface area (Å²) in [4.78, 5) is 0. The van der Waals surface area contributed by atoms with Gasteiger partial charge in [-0.2, -0.15) is 0 Å². The van der Waals surface area contributed by atoms with Gasteiger partial charge >= 0.3 is 0 Å². The van der Waals surface area contributed by atoms with Crippen LogP contribution in [0.4, 0.5) is 0 Å². The predicted molar refractivity (Wildman–Crippen MR) is 43.2 cm³/mol. The van der Waals surface area contributed by atoms with Gasteiger partial charge in [-0.25, -0.2) is 0 Å². The van der Waals surface area contributed by atoms with Crippen LogP contribution in [-0.2, 0) is 4.74 Å². The van der Waals surface area contributed by atoms with Gasteiger partial charge in [-0.15, -0.1) is 0 Å². The van der Waals surface area contributed by atoms with E-state index in [0.29, 0.717) is 0 Å². The topological polar surface area (TPSA) is 35.2 Å². The molecule has 9 heavy (non-hydrogen) atoms. The van der Waals surface area contributed by atoms with Crippen LogP contribution in [0, 0.1) is 0 Å². The molecule has 3 heteroatoms. The van der Waals surface area contributed by atoms with Crippen LogP contribution in [0.1, 0.15) is 19.8 Å². The first kappa shape index (κ1) is 9.09. The molecule has 2 nitrogen and oxygen atoms in total. The lowest BCUT2D eigenvalue weighted by molar-refractivity contribution is 0.398. The molecule has 0 aromatic rings. The second-order valence-electron chi connectivity index (χ2n) is 2.14. The van der Waals surface area contributed by atoms with E-state index in [2.05, 4.69) is 8.86 Å². The van der Waals surface area contributed by atoms with Crippen LogP contribution in [0.15, 0.2) is 0 Å². The number of hydrogen-bond donors (Lipinski definition) is 1. The molecule has 0 fully saturated rings. The second-order valence-corrected chi connectivity index (χ2v) is 2.70. The van der Waals surface area contributed by atoms with Crippen molar-refractivity contribution in [2.45, 2.75) is 25.8 Å². The zero-order valence-corrected chi connectivity index (χ0v) is 6.98. The van der Waals surface area contributed by atoms with E-state index in [1.165, 1.54) is 0 Å². The van der Waals surface area contributed by atoms with Gasteiger partial charge in [-0.1, -0.05) is 8.86 Å². The molecule has 0 bridgehead atoms. The first-order valence-electron chi connectivity index (χ1n) is 3.03. The molecule has 0 saturated carbocycles. The van der Waals surface area contributed by atoms with Gasteiger partial charge in [-0.05, 0) is 19.8 Å². The van der Waals surface area contributed by atoms with Crippen molar-refractivity contribution in [2.24, 2.45) is 5.73 Å². The molecule has 0 aliphatic carbocycles. The van der Waals surface area contributed by atoms with Gasteiger partial charge in [0.15, 0.2) is 0 Å². The summed E-state index contributed by atoms with van der Waals surface area (Å²) in [6.45, 7) is 1.98. The van der Waals surface area contributed by atoms with Crippen LogP contribution in [0.3, 0.4) is 0 Å². The third-order valence-electron chi connectivity index (χ3n) is 1.07. The Morgan fingerprint density at radius 3 is 2.67 bits per heavy atom. The molecule has 0 aliphatic rings. The van der Waals surface area contributed by atoms with Crippen LogP contribution in [0.5, 0.6) is 0 Å². The van der Waals surface area contributed by atoms with Crippen LogP contribution in [0.25, 0.3) is 0 Å². The van der Waals surface area contributed by atoms with Gasteiger partial charge in [-0.3, -0.25) is 0 Å². The van der Waals surface area contributed by atoms with E-state index in [-0.39, 0.29) is 6.04 Å². The molecule has 0 aliphatic heterocycles. The highest BCUT2D eigenvalue weighted by molar-refractivity contribution is 7.20. The average Bonchev–Trinajstić information content (AvgIpc) is 1.83. The molecule has 0 saturated heterocycles. The Hall–Kier alpha value is 0.0900. The highest BCUT2D eigenvalue weighted by atomic mass is 31.0. The molecule has 54 valence electrons. The Morgan fingerprint density at radius 2 is 2.33 bits per heavy atom. The summed E-state index contributed by atoms with van der Waals surface area (Å²) in [6.07, 6.45) is 1.86. The number of rotatable bonds is 4.